The average molecular weight is 463 g/mol. The molecule has 0 aliphatic carbocycles. The number of amides is 2. The lowest BCUT2D eigenvalue weighted by molar-refractivity contribution is -0.123. The Morgan fingerprint density at radius 3 is 2.24 bits per heavy atom. The van der Waals surface area contributed by atoms with Crippen molar-refractivity contribution in [3.05, 3.63) is 95.6 Å². The summed E-state index contributed by atoms with van der Waals surface area (Å²) in [5, 5.41) is 0. The summed E-state index contributed by atoms with van der Waals surface area (Å²) in [6.07, 6.45) is 0.700. The molecule has 0 heterocycles. The molecule has 3 aromatic carbocycles. The summed E-state index contributed by atoms with van der Waals surface area (Å²) in [5.74, 6) is -0.679. The van der Waals surface area contributed by atoms with E-state index in [4.69, 9.17) is 14.2 Å². The van der Waals surface area contributed by atoms with Gasteiger partial charge in [-0.15, -0.1) is 0 Å². The fraction of sp³-hybridized carbons (Fsp3) is 0.192. The van der Waals surface area contributed by atoms with E-state index in [1.807, 2.05) is 30.3 Å². The van der Waals surface area contributed by atoms with Gasteiger partial charge in [0.1, 0.15) is 11.5 Å². The number of carbonyl (C=O) groups excluding carboxylic acids is 3. The van der Waals surface area contributed by atoms with Gasteiger partial charge in [0.15, 0.2) is 6.61 Å². The van der Waals surface area contributed by atoms with E-state index in [1.165, 1.54) is 0 Å². The number of para-hydroxylation sites is 1. The second kappa shape index (κ2) is 12.6. The predicted molar refractivity (Wildman–Crippen MR) is 126 cm³/mol. The van der Waals surface area contributed by atoms with Gasteiger partial charge in [-0.1, -0.05) is 42.5 Å². The van der Waals surface area contributed by atoms with Crippen LogP contribution in [0.2, 0.25) is 0 Å². The molecule has 0 saturated carbocycles. The van der Waals surface area contributed by atoms with Crippen molar-refractivity contribution in [2.75, 3.05) is 19.8 Å². The van der Waals surface area contributed by atoms with Crippen LogP contribution in [0.1, 0.15) is 33.2 Å². The molecule has 3 rings (SSSR count). The van der Waals surface area contributed by atoms with E-state index in [0.717, 1.165) is 5.56 Å². The summed E-state index contributed by atoms with van der Waals surface area (Å²) < 4.78 is 16.1. The van der Waals surface area contributed by atoms with E-state index in [2.05, 4.69) is 10.9 Å². The van der Waals surface area contributed by atoms with Gasteiger partial charge in [-0.3, -0.25) is 20.4 Å². The van der Waals surface area contributed by atoms with Crippen molar-refractivity contribution in [2.24, 2.45) is 0 Å². The van der Waals surface area contributed by atoms with Crippen LogP contribution in [0.5, 0.6) is 11.5 Å². The van der Waals surface area contributed by atoms with Gasteiger partial charge in [0, 0.05) is 6.42 Å². The Morgan fingerprint density at radius 2 is 1.50 bits per heavy atom. The fourth-order valence-electron chi connectivity index (χ4n) is 2.98. The number of ether oxygens (including phenoxy) is 3. The number of hydrogen-bond donors (Lipinski definition) is 2. The lowest BCUT2D eigenvalue weighted by atomic mass is 10.1. The van der Waals surface area contributed by atoms with E-state index in [1.54, 1.807) is 55.5 Å². The second-order valence-corrected chi connectivity index (χ2v) is 7.12. The van der Waals surface area contributed by atoms with Crippen LogP contribution >= 0.6 is 0 Å². The van der Waals surface area contributed by atoms with Crippen LogP contribution in [-0.2, 0) is 16.0 Å². The van der Waals surface area contributed by atoms with Crippen molar-refractivity contribution in [3.8, 4) is 11.5 Å². The largest absolute Gasteiger partial charge is 0.492 e. The third kappa shape index (κ3) is 7.37. The molecule has 2 amide bonds. The Balaban J connectivity index is 1.45. The molecular formula is C26H26N2O6. The topological polar surface area (TPSA) is 103 Å². The normalized spacial score (nSPS) is 10.1. The molecule has 0 aliphatic rings. The fourth-order valence-corrected chi connectivity index (χ4v) is 2.98. The monoisotopic (exact) mass is 462 g/mol. The zero-order chi connectivity index (χ0) is 24.2. The zero-order valence-corrected chi connectivity index (χ0v) is 18.8. The molecule has 0 radical (unpaired) electrons. The first-order valence-electron chi connectivity index (χ1n) is 10.8. The van der Waals surface area contributed by atoms with Crippen molar-refractivity contribution in [1.82, 2.24) is 10.9 Å². The molecule has 0 spiro atoms. The Bertz CT molecular complexity index is 1100. The summed E-state index contributed by atoms with van der Waals surface area (Å²) in [6.45, 7) is 2.09. The van der Waals surface area contributed by atoms with Crippen LogP contribution in [-0.4, -0.2) is 37.6 Å². The van der Waals surface area contributed by atoms with E-state index >= 15 is 0 Å². The van der Waals surface area contributed by atoms with E-state index in [-0.39, 0.29) is 13.2 Å². The Hall–Kier alpha value is -4.33. The SMILES string of the molecule is CCOC(=O)c1ccc(OCC(=O)NNC(=O)c2ccccc2OCCc2ccccc2)cc1. The number of carbonyl (C=O) groups is 3. The molecule has 0 fully saturated rings. The van der Waals surface area contributed by atoms with Crippen molar-refractivity contribution >= 4 is 17.8 Å². The van der Waals surface area contributed by atoms with E-state index < -0.39 is 17.8 Å². The van der Waals surface area contributed by atoms with Crippen molar-refractivity contribution in [2.45, 2.75) is 13.3 Å². The maximum absolute atomic E-state index is 12.5. The Morgan fingerprint density at radius 1 is 0.794 bits per heavy atom. The van der Waals surface area contributed by atoms with E-state index in [0.29, 0.717) is 35.7 Å². The van der Waals surface area contributed by atoms with Gasteiger partial charge < -0.3 is 14.2 Å². The van der Waals surface area contributed by atoms with Gasteiger partial charge in [0.2, 0.25) is 0 Å². The number of esters is 1. The average Bonchev–Trinajstić information content (AvgIpc) is 2.87. The van der Waals surface area contributed by atoms with Crippen LogP contribution in [0.3, 0.4) is 0 Å². The first-order valence-corrected chi connectivity index (χ1v) is 10.8. The van der Waals surface area contributed by atoms with Gasteiger partial charge >= 0.3 is 5.97 Å². The highest BCUT2D eigenvalue weighted by Gasteiger charge is 2.13. The van der Waals surface area contributed by atoms with Crippen LogP contribution in [0.15, 0.2) is 78.9 Å². The van der Waals surface area contributed by atoms with Crippen molar-refractivity contribution < 1.29 is 28.6 Å². The van der Waals surface area contributed by atoms with E-state index in [9.17, 15) is 14.4 Å². The lowest BCUT2D eigenvalue weighted by Crippen LogP contribution is -2.43. The molecule has 0 saturated heterocycles. The Labute approximate surface area is 197 Å². The number of rotatable bonds is 10. The summed E-state index contributed by atoms with van der Waals surface area (Å²) in [5.41, 5.74) is 6.49. The highest BCUT2D eigenvalue weighted by molar-refractivity contribution is 5.98. The highest BCUT2D eigenvalue weighted by Crippen LogP contribution is 2.18. The molecule has 0 bridgehead atoms. The number of benzene rings is 3. The smallest absolute Gasteiger partial charge is 0.338 e. The first-order chi connectivity index (χ1) is 16.6. The molecule has 2 N–H and O–H groups in total. The minimum absolute atomic E-state index is 0.285. The van der Waals surface area contributed by atoms with Crippen LogP contribution in [0.25, 0.3) is 0 Å². The molecule has 8 nitrogen and oxygen atoms in total. The first kappa shape index (κ1) is 24.3. The van der Waals surface area contributed by atoms with Gasteiger partial charge in [0.05, 0.1) is 24.3 Å². The van der Waals surface area contributed by atoms with Crippen LogP contribution in [0, 0.1) is 0 Å². The maximum atomic E-state index is 12.5. The predicted octanol–water partition coefficient (Wildman–Crippen LogP) is 3.32. The zero-order valence-electron chi connectivity index (χ0n) is 18.8. The van der Waals surface area contributed by atoms with Crippen molar-refractivity contribution in [3.63, 3.8) is 0 Å². The van der Waals surface area contributed by atoms with Crippen LogP contribution in [0.4, 0.5) is 0 Å². The molecule has 3 aromatic rings. The molecule has 8 heteroatoms. The molecule has 0 atom stereocenters. The molecule has 176 valence electrons. The third-order valence-electron chi connectivity index (χ3n) is 4.67. The molecular weight excluding hydrogens is 436 g/mol. The summed E-state index contributed by atoms with van der Waals surface area (Å²) in [4.78, 5) is 36.3. The van der Waals surface area contributed by atoms with Crippen LogP contribution < -0.4 is 20.3 Å². The summed E-state index contributed by atoms with van der Waals surface area (Å²) in [6, 6.07) is 22.9. The Kier molecular flexibility index (Phi) is 9.04. The minimum atomic E-state index is -0.551. The molecule has 0 aliphatic heterocycles. The summed E-state index contributed by atoms with van der Waals surface area (Å²) >= 11 is 0. The lowest BCUT2D eigenvalue weighted by Gasteiger charge is -2.13. The molecule has 34 heavy (non-hydrogen) atoms. The highest BCUT2D eigenvalue weighted by atomic mass is 16.5. The number of hydrazine groups is 1. The third-order valence-corrected chi connectivity index (χ3v) is 4.67. The molecule has 0 unspecified atom stereocenters. The minimum Gasteiger partial charge on any atom is -0.492 e. The summed E-state index contributed by atoms with van der Waals surface area (Å²) in [7, 11) is 0. The van der Waals surface area contributed by atoms with Crippen molar-refractivity contribution in [1.29, 1.82) is 0 Å². The quantitative estimate of drug-likeness (QED) is 0.354. The molecule has 0 aromatic heterocycles. The van der Waals surface area contributed by atoms with Gasteiger partial charge in [0.25, 0.3) is 11.8 Å². The standard InChI is InChI=1S/C26H26N2O6/c1-2-32-26(31)20-12-14-21(15-13-20)34-18-24(29)27-28-25(30)22-10-6-7-11-23(22)33-17-16-19-8-4-3-5-9-19/h3-15H,2,16-18H2,1H3,(H,27,29)(H,28,30). The second-order valence-electron chi connectivity index (χ2n) is 7.12. The van der Waals surface area contributed by atoms with Gasteiger partial charge in [-0.2, -0.15) is 0 Å². The van der Waals surface area contributed by atoms with Gasteiger partial charge in [-0.25, -0.2) is 4.79 Å². The maximum Gasteiger partial charge on any atom is 0.338 e. The van der Waals surface area contributed by atoms with Gasteiger partial charge in [-0.05, 0) is 48.9 Å². The number of nitrogens with one attached hydrogen (secondary N) is 2. The number of hydrogen-bond acceptors (Lipinski definition) is 6.